The molecule has 186 valence electrons. The number of nitrogens with zero attached hydrogens (tertiary/aromatic N) is 1. The topological polar surface area (TPSA) is 46.5 Å². The van der Waals surface area contributed by atoms with E-state index in [-0.39, 0.29) is 18.7 Å². The van der Waals surface area contributed by atoms with Crippen molar-refractivity contribution in [3.63, 3.8) is 0 Å². The maximum atomic E-state index is 12.8. The first-order chi connectivity index (χ1) is 16.1. The molecule has 0 radical (unpaired) electrons. The van der Waals surface area contributed by atoms with Crippen molar-refractivity contribution in [2.24, 2.45) is 0 Å². The smallest absolute Gasteiger partial charge is 0.316 e. The van der Waals surface area contributed by atoms with Crippen LogP contribution in [-0.4, -0.2) is 53.9 Å². The molecule has 2 aliphatic rings. The summed E-state index contributed by atoms with van der Waals surface area (Å²) >= 11 is 0. The van der Waals surface area contributed by atoms with Crippen molar-refractivity contribution in [2.75, 3.05) is 20.2 Å². The van der Waals surface area contributed by atoms with Crippen LogP contribution in [0.15, 0.2) is 30.3 Å². The molecule has 0 spiro atoms. The predicted octanol–water partition coefficient (Wildman–Crippen LogP) is 6.37. The van der Waals surface area contributed by atoms with E-state index in [9.17, 15) is 9.90 Å². The molecule has 1 aromatic carbocycles. The summed E-state index contributed by atoms with van der Waals surface area (Å²) in [7, 11) is 2.45. The molecule has 0 saturated carbocycles. The molecule has 2 saturated heterocycles. The van der Waals surface area contributed by atoms with Crippen LogP contribution >= 0.6 is 0 Å². The first-order valence-corrected chi connectivity index (χ1v) is 13.8. The lowest BCUT2D eigenvalue weighted by molar-refractivity contribution is -0.949. The number of aliphatic hydroxyl groups excluding tert-OH is 1. The summed E-state index contributed by atoms with van der Waals surface area (Å²) in [6.45, 7) is 3.35. The standard InChI is InChI=1S/C29H48NO3/c1-3-4-5-6-7-8-9-10-11-15-20-30(2)25-18-19-26(30)22-27(21-25)33-29(32)28(23-31)24-16-13-12-14-17-24/h12-14,16-17,25-28,31H,3-11,15,18-23H2,1-2H3/q+1/t25-,26-,27?,28-,30?/m0/s1. The Morgan fingerprint density at radius 1 is 0.939 bits per heavy atom. The first-order valence-electron chi connectivity index (χ1n) is 13.8. The fourth-order valence-electron chi connectivity index (χ4n) is 6.34. The van der Waals surface area contributed by atoms with Crippen LogP contribution < -0.4 is 0 Å². The Morgan fingerprint density at radius 3 is 2.03 bits per heavy atom. The highest BCUT2D eigenvalue weighted by Gasteiger charge is 2.52. The molecule has 4 nitrogen and oxygen atoms in total. The fourth-order valence-corrected chi connectivity index (χ4v) is 6.34. The average Bonchev–Trinajstić information content (AvgIpc) is 2.98. The maximum Gasteiger partial charge on any atom is 0.316 e. The number of piperidine rings is 1. The lowest BCUT2D eigenvalue weighted by Gasteiger charge is -2.47. The zero-order valence-corrected chi connectivity index (χ0v) is 21.2. The second-order valence-corrected chi connectivity index (χ2v) is 10.8. The number of ether oxygens (including phenoxy) is 1. The molecule has 2 fully saturated rings. The lowest BCUT2D eigenvalue weighted by Crippen LogP contribution is -2.59. The van der Waals surface area contributed by atoms with Gasteiger partial charge in [0.2, 0.25) is 0 Å². The van der Waals surface area contributed by atoms with Crippen LogP contribution in [0.2, 0.25) is 0 Å². The van der Waals surface area contributed by atoms with Gasteiger partial charge >= 0.3 is 5.97 Å². The van der Waals surface area contributed by atoms with E-state index in [1.54, 1.807) is 0 Å². The van der Waals surface area contributed by atoms with Gasteiger partial charge in [-0.15, -0.1) is 0 Å². The highest BCUT2D eigenvalue weighted by Crippen LogP contribution is 2.42. The van der Waals surface area contributed by atoms with Crippen LogP contribution in [0.5, 0.6) is 0 Å². The van der Waals surface area contributed by atoms with Crippen molar-refractivity contribution in [2.45, 2.75) is 121 Å². The Bertz CT molecular complexity index is 677. The van der Waals surface area contributed by atoms with E-state index in [0.29, 0.717) is 12.1 Å². The van der Waals surface area contributed by atoms with E-state index in [1.807, 2.05) is 30.3 Å². The van der Waals surface area contributed by atoms with E-state index in [4.69, 9.17) is 4.74 Å². The monoisotopic (exact) mass is 458 g/mol. The lowest BCUT2D eigenvalue weighted by atomic mass is 9.95. The number of hydrogen-bond donors (Lipinski definition) is 1. The zero-order chi connectivity index (χ0) is 23.5. The number of hydrogen-bond acceptors (Lipinski definition) is 3. The highest BCUT2D eigenvalue weighted by molar-refractivity contribution is 5.78. The minimum atomic E-state index is -0.571. The van der Waals surface area contributed by atoms with Gasteiger partial charge < -0.3 is 14.3 Å². The summed E-state index contributed by atoms with van der Waals surface area (Å²) in [5, 5.41) is 9.80. The summed E-state index contributed by atoms with van der Waals surface area (Å²) in [5.74, 6) is -0.836. The van der Waals surface area contributed by atoms with Crippen LogP contribution in [0.1, 0.15) is 108 Å². The van der Waals surface area contributed by atoms with Gasteiger partial charge in [-0.3, -0.25) is 4.79 Å². The van der Waals surface area contributed by atoms with Gasteiger partial charge in [-0.2, -0.15) is 0 Å². The highest BCUT2D eigenvalue weighted by atomic mass is 16.5. The van der Waals surface area contributed by atoms with E-state index < -0.39 is 5.92 Å². The quantitative estimate of drug-likeness (QED) is 0.189. The molecule has 2 aliphatic heterocycles. The number of rotatable bonds is 15. The van der Waals surface area contributed by atoms with Crippen LogP contribution in [0, 0.1) is 0 Å². The number of carbonyl (C=O) groups is 1. The van der Waals surface area contributed by atoms with Crippen molar-refractivity contribution in [3.8, 4) is 0 Å². The molecule has 3 atom stereocenters. The van der Waals surface area contributed by atoms with Gasteiger partial charge in [0.15, 0.2) is 0 Å². The molecule has 33 heavy (non-hydrogen) atoms. The number of unbranched alkanes of at least 4 members (excludes halogenated alkanes) is 9. The van der Waals surface area contributed by atoms with Gasteiger partial charge in [-0.05, 0) is 18.4 Å². The third-order valence-corrected chi connectivity index (χ3v) is 8.52. The molecular weight excluding hydrogens is 410 g/mol. The second-order valence-electron chi connectivity index (χ2n) is 10.8. The summed E-state index contributed by atoms with van der Waals surface area (Å²) < 4.78 is 7.16. The molecule has 2 bridgehead atoms. The normalized spacial score (nSPS) is 27.4. The first kappa shape index (κ1) is 26.2. The molecular formula is C29H48NO3+. The summed E-state index contributed by atoms with van der Waals surface area (Å²) in [6, 6.07) is 10.8. The molecule has 4 heteroatoms. The average molecular weight is 459 g/mol. The van der Waals surface area contributed by atoms with Crippen molar-refractivity contribution in [1.29, 1.82) is 0 Å². The van der Waals surface area contributed by atoms with Crippen LogP contribution in [-0.2, 0) is 9.53 Å². The molecule has 1 N–H and O–H groups in total. The van der Waals surface area contributed by atoms with E-state index in [0.717, 1.165) is 18.4 Å². The number of benzene rings is 1. The predicted molar refractivity (Wildman–Crippen MR) is 135 cm³/mol. The Morgan fingerprint density at radius 2 is 1.48 bits per heavy atom. The molecule has 0 amide bonds. The number of esters is 1. The number of quaternary nitrogens is 1. The van der Waals surface area contributed by atoms with Gasteiger partial charge in [0.1, 0.15) is 12.0 Å². The van der Waals surface area contributed by atoms with Crippen LogP contribution in [0.4, 0.5) is 0 Å². The van der Waals surface area contributed by atoms with Gasteiger partial charge in [-0.1, -0.05) is 88.6 Å². The molecule has 0 aliphatic carbocycles. The third kappa shape index (κ3) is 7.29. The summed E-state index contributed by atoms with van der Waals surface area (Å²) in [6.07, 6.45) is 18.3. The Labute approximate surface area is 202 Å². The molecule has 0 unspecified atom stereocenters. The fraction of sp³-hybridized carbons (Fsp3) is 0.759. The van der Waals surface area contributed by atoms with Crippen LogP contribution in [0.3, 0.4) is 0 Å². The molecule has 1 aromatic rings. The Kier molecular flexibility index (Phi) is 10.7. The summed E-state index contributed by atoms with van der Waals surface area (Å²) in [4.78, 5) is 12.8. The Hall–Kier alpha value is -1.39. The zero-order valence-electron chi connectivity index (χ0n) is 21.2. The van der Waals surface area contributed by atoms with Gasteiger partial charge in [0.05, 0.1) is 32.3 Å². The van der Waals surface area contributed by atoms with Gasteiger partial charge in [0.25, 0.3) is 0 Å². The minimum absolute atomic E-state index is 0.00618. The van der Waals surface area contributed by atoms with Crippen LogP contribution in [0.25, 0.3) is 0 Å². The van der Waals surface area contributed by atoms with Crippen molar-refractivity contribution in [1.82, 2.24) is 0 Å². The number of fused-ring (bicyclic) bond motifs is 2. The maximum absolute atomic E-state index is 12.8. The minimum Gasteiger partial charge on any atom is -0.461 e. The molecule has 0 aromatic heterocycles. The van der Waals surface area contributed by atoms with Crippen molar-refractivity contribution in [3.05, 3.63) is 35.9 Å². The van der Waals surface area contributed by atoms with Crippen molar-refractivity contribution >= 4 is 5.97 Å². The van der Waals surface area contributed by atoms with Crippen molar-refractivity contribution < 1.29 is 19.1 Å². The molecule has 3 rings (SSSR count). The van der Waals surface area contributed by atoms with E-state index in [1.165, 1.54) is 88.1 Å². The Balaban J connectivity index is 1.38. The number of carbonyl (C=O) groups excluding carboxylic acids is 1. The summed E-state index contributed by atoms with van der Waals surface area (Å²) in [5.41, 5.74) is 0.838. The van der Waals surface area contributed by atoms with E-state index >= 15 is 0 Å². The van der Waals surface area contributed by atoms with Gasteiger partial charge in [-0.25, -0.2) is 0 Å². The van der Waals surface area contributed by atoms with Gasteiger partial charge in [0, 0.05) is 25.7 Å². The number of aliphatic hydroxyl groups is 1. The second kappa shape index (κ2) is 13.5. The SMILES string of the molecule is CCCCCCCCCCCC[N+]1(C)[C@H]2CC[C@H]1CC(OC(=O)[C@@H](CO)c1ccccc1)C2. The van der Waals surface area contributed by atoms with E-state index in [2.05, 4.69) is 14.0 Å². The largest absolute Gasteiger partial charge is 0.461 e. The third-order valence-electron chi connectivity index (χ3n) is 8.52. The molecule has 2 heterocycles.